The van der Waals surface area contributed by atoms with E-state index in [9.17, 15) is 14.4 Å². The Morgan fingerprint density at radius 2 is 2.17 bits per heavy atom. The molecule has 1 aliphatic heterocycles. The minimum Gasteiger partial charge on any atom is -0.481 e. The van der Waals surface area contributed by atoms with Crippen LogP contribution >= 0.6 is 0 Å². The zero-order valence-corrected chi connectivity index (χ0v) is 13.9. The Kier molecular flexibility index (Phi) is 7.74. The van der Waals surface area contributed by atoms with E-state index >= 15 is 0 Å². The zero-order chi connectivity index (χ0) is 17.4. The van der Waals surface area contributed by atoms with Gasteiger partial charge in [0.25, 0.3) is 5.91 Å². The first kappa shape index (κ1) is 19.2. The first-order valence-electron chi connectivity index (χ1n) is 7.84. The number of aliphatic carboxylic acids is 1. The molecule has 1 N–H and O–H groups in total. The van der Waals surface area contributed by atoms with E-state index in [4.69, 9.17) is 9.84 Å². The third-order valence-electron chi connectivity index (χ3n) is 3.91. The summed E-state index contributed by atoms with van der Waals surface area (Å²) in [6.07, 6.45) is 2.99. The maximum Gasteiger partial charge on any atom is 0.308 e. The monoisotopic (exact) mass is 326 g/mol. The van der Waals surface area contributed by atoms with E-state index in [-0.39, 0.29) is 24.9 Å². The van der Waals surface area contributed by atoms with Crippen LogP contribution in [0.2, 0.25) is 0 Å². The lowest BCUT2D eigenvalue weighted by atomic mass is 9.98. The average molecular weight is 326 g/mol. The van der Waals surface area contributed by atoms with Crippen LogP contribution in [0.15, 0.2) is 12.7 Å². The lowest BCUT2D eigenvalue weighted by Gasteiger charge is -2.32. The first-order valence-corrected chi connectivity index (χ1v) is 7.84. The summed E-state index contributed by atoms with van der Waals surface area (Å²) in [6.45, 7) is 6.31. The quantitative estimate of drug-likeness (QED) is 0.525. The molecule has 23 heavy (non-hydrogen) atoms. The smallest absolute Gasteiger partial charge is 0.308 e. The van der Waals surface area contributed by atoms with Crippen molar-refractivity contribution in [2.24, 2.45) is 5.92 Å². The van der Waals surface area contributed by atoms with Crippen LogP contribution < -0.4 is 0 Å². The van der Waals surface area contributed by atoms with Crippen LogP contribution in [0.5, 0.6) is 0 Å². The summed E-state index contributed by atoms with van der Waals surface area (Å²) in [7, 11) is 1.55. The number of carboxylic acid groups (broad SMARTS) is 1. The Balaban J connectivity index is 2.47. The van der Waals surface area contributed by atoms with Gasteiger partial charge in [0.15, 0.2) is 0 Å². The number of likely N-dealkylation sites (tertiary alicyclic amines) is 1. The summed E-state index contributed by atoms with van der Waals surface area (Å²) in [4.78, 5) is 38.3. The van der Waals surface area contributed by atoms with Crippen LogP contribution in [-0.2, 0) is 19.1 Å². The van der Waals surface area contributed by atoms with Gasteiger partial charge in [-0.2, -0.15) is 0 Å². The molecule has 0 bridgehead atoms. The van der Waals surface area contributed by atoms with Crippen LogP contribution in [0, 0.1) is 5.92 Å². The van der Waals surface area contributed by atoms with Gasteiger partial charge in [-0.05, 0) is 26.2 Å². The molecule has 0 aromatic heterocycles. The Labute approximate surface area is 136 Å². The molecule has 1 fully saturated rings. The molecule has 7 heteroatoms. The lowest BCUT2D eigenvalue weighted by molar-refractivity contribution is -0.149. The topological polar surface area (TPSA) is 87.2 Å². The largest absolute Gasteiger partial charge is 0.481 e. The summed E-state index contributed by atoms with van der Waals surface area (Å²) in [5.41, 5.74) is 0. The summed E-state index contributed by atoms with van der Waals surface area (Å²) < 4.78 is 5.38. The predicted molar refractivity (Wildman–Crippen MR) is 84.8 cm³/mol. The number of carbonyl (C=O) groups is 3. The SMILES string of the molecule is C=CCCOC(C)C(=O)N(C)CC(=O)N1CCCC(C(=O)O)C1. The predicted octanol–water partition coefficient (Wildman–Crippen LogP) is 0.749. The molecular formula is C16H26N2O5. The Hall–Kier alpha value is -1.89. The van der Waals surface area contributed by atoms with Crippen molar-refractivity contribution in [3.05, 3.63) is 12.7 Å². The number of piperidine rings is 1. The van der Waals surface area contributed by atoms with Gasteiger partial charge in [0.05, 0.1) is 19.1 Å². The Morgan fingerprint density at radius 1 is 1.48 bits per heavy atom. The number of rotatable bonds is 8. The molecule has 0 aliphatic carbocycles. The van der Waals surface area contributed by atoms with Crippen molar-refractivity contribution in [2.75, 3.05) is 33.3 Å². The normalized spacial score (nSPS) is 19.0. The highest BCUT2D eigenvalue weighted by Gasteiger charge is 2.29. The summed E-state index contributed by atoms with van der Waals surface area (Å²) in [5.74, 6) is -1.90. The van der Waals surface area contributed by atoms with E-state index in [0.29, 0.717) is 32.4 Å². The highest BCUT2D eigenvalue weighted by Crippen LogP contribution is 2.16. The molecular weight excluding hydrogens is 300 g/mol. The molecule has 0 aromatic carbocycles. The van der Waals surface area contributed by atoms with E-state index in [1.807, 2.05) is 0 Å². The number of nitrogens with zero attached hydrogens (tertiary/aromatic N) is 2. The zero-order valence-electron chi connectivity index (χ0n) is 13.9. The standard InChI is InChI=1S/C16H26N2O5/c1-4-5-9-23-12(2)15(20)17(3)11-14(19)18-8-6-7-13(10-18)16(21)22/h4,12-13H,1,5-11H2,2-3H3,(H,21,22). The maximum absolute atomic E-state index is 12.2. The third kappa shape index (κ3) is 6.02. The minimum atomic E-state index is -0.879. The number of likely N-dealkylation sites (N-methyl/N-ethyl adjacent to an activating group) is 1. The average Bonchev–Trinajstić information content (AvgIpc) is 2.54. The third-order valence-corrected chi connectivity index (χ3v) is 3.91. The van der Waals surface area contributed by atoms with Gasteiger partial charge in [0.2, 0.25) is 5.91 Å². The summed E-state index contributed by atoms with van der Waals surface area (Å²) >= 11 is 0. The van der Waals surface area contributed by atoms with Crippen LogP contribution in [0.4, 0.5) is 0 Å². The van der Waals surface area contributed by atoms with Crippen molar-refractivity contribution < 1.29 is 24.2 Å². The fourth-order valence-corrected chi connectivity index (χ4v) is 2.50. The number of carbonyl (C=O) groups excluding carboxylic acids is 2. The van der Waals surface area contributed by atoms with E-state index in [1.54, 1.807) is 20.0 Å². The van der Waals surface area contributed by atoms with E-state index in [0.717, 1.165) is 0 Å². The molecule has 2 atom stereocenters. The maximum atomic E-state index is 12.2. The van der Waals surface area contributed by atoms with Gasteiger partial charge < -0.3 is 19.6 Å². The summed E-state index contributed by atoms with van der Waals surface area (Å²) in [5, 5.41) is 9.06. The molecule has 0 saturated carbocycles. The van der Waals surface area contributed by atoms with Gasteiger partial charge in [0.1, 0.15) is 6.10 Å². The van der Waals surface area contributed by atoms with Crippen LogP contribution in [0.3, 0.4) is 0 Å². The van der Waals surface area contributed by atoms with Crippen molar-refractivity contribution in [1.29, 1.82) is 0 Å². The highest BCUT2D eigenvalue weighted by molar-refractivity contribution is 5.87. The van der Waals surface area contributed by atoms with E-state index in [1.165, 1.54) is 9.80 Å². The van der Waals surface area contributed by atoms with Crippen molar-refractivity contribution in [3.8, 4) is 0 Å². The van der Waals surface area contributed by atoms with Crippen LogP contribution in [-0.4, -0.2) is 72.1 Å². The van der Waals surface area contributed by atoms with Crippen molar-refractivity contribution in [1.82, 2.24) is 9.80 Å². The second-order valence-electron chi connectivity index (χ2n) is 5.80. The first-order chi connectivity index (χ1) is 10.9. The molecule has 1 aliphatic rings. The Morgan fingerprint density at radius 3 is 2.78 bits per heavy atom. The van der Waals surface area contributed by atoms with Crippen molar-refractivity contribution >= 4 is 17.8 Å². The summed E-state index contributed by atoms with van der Waals surface area (Å²) in [6, 6.07) is 0. The number of carboxylic acids is 1. The molecule has 7 nitrogen and oxygen atoms in total. The van der Waals surface area contributed by atoms with Gasteiger partial charge in [0, 0.05) is 20.1 Å². The molecule has 130 valence electrons. The number of hydrogen-bond acceptors (Lipinski definition) is 4. The van der Waals surface area contributed by atoms with Crippen LogP contribution in [0.25, 0.3) is 0 Å². The molecule has 0 aromatic rings. The fraction of sp³-hybridized carbons (Fsp3) is 0.688. The molecule has 1 heterocycles. The molecule has 1 rings (SSSR count). The van der Waals surface area contributed by atoms with Crippen LogP contribution in [0.1, 0.15) is 26.2 Å². The Bertz CT molecular complexity index is 452. The minimum absolute atomic E-state index is 0.0691. The van der Waals surface area contributed by atoms with E-state index in [2.05, 4.69) is 6.58 Å². The highest BCUT2D eigenvalue weighted by atomic mass is 16.5. The van der Waals surface area contributed by atoms with Gasteiger partial charge in [-0.15, -0.1) is 6.58 Å². The van der Waals surface area contributed by atoms with Gasteiger partial charge in [-0.25, -0.2) is 0 Å². The van der Waals surface area contributed by atoms with E-state index < -0.39 is 18.0 Å². The fourth-order valence-electron chi connectivity index (χ4n) is 2.50. The molecule has 2 amide bonds. The number of hydrogen-bond donors (Lipinski definition) is 1. The van der Waals surface area contributed by atoms with Gasteiger partial charge >= 0.3 is 5.97 Å². The molecule has 2 unspecified atom stereocenters. The molecule has 0 radical (unpaired) electrons. The molecule has 1 saturated heterocycles. The number of ether oxygens (including phenoxy) is 1. The van der Waals surface area contributed by atoms with Crippen molar-refractivity contribution in [2.45, 2.75) is 32.3 Å². The van der Waals surface area contributed by atoms with Gasteiger partial charge in [-0.1, -0.05) is 6.08 Å². The molecule has 0 spiro atoms. The van der Waals surface area contributed by atoms with Gasteiger partial charge in [-0.3, -0.25) is 14.4 Å². The second kappa shape index (κ2) is 9.29. The second-order valence-corrected chi connectivity index (χ2v) is 5.80. The lowest BCUT2D eigenvalue weighted by Crippen LogP contribution is -2.48. The van der Waals surface area contributed by atoms with Crippen molar-refractivity contribution in [3.63, 3.8) is 0 Å². The number of amides is 2.